The summed E-state index contributed by atoms with van der Waals surface area (Å²) in [5.41, 5.74) is 0. The average Bonchev–Trinajstić information content (AvgIpc) is 2.22. The Labute approximate surface area is 111 Å². The summed E-state index contributed by atoms with van der Waals surface area (Å²) in [5.74, 6) is 0.795. The summed E-state index contributed by atoms with van der Waals surface area (Å²) in [6.07, 6.45) is 3.27. The van der Waals surface area contributed by atoms with Crippen LogP contribution in [0.5, 0.6) is 0 Å². The molecule has 18 heavy (non-hydrogen) atoms. The smallest absolute Gasteiger partial charge is 0.220 e. The molecule has 0 heterocycles. The van der Waals surface area contributed by atoms with Crippen molar-refractivity contribution in [1.82, 2.24) is 10.2 Å². The highest BCUT2D eigenvalue weighted by atomic mass is 16.2. The van der Waals surface area contributed by atoms with Gasteiger partial charge in [0.25, 0.3) is 0 Å². The van der Waals surface area contributed by atoms with E-state index in [1.807, 2.05) is 6.92 Å². The van der Waals surface area contributed by atoms with Crippen molar-refractivity contribution >= 4 is 11.8 Å². The predicted octanol–water partition coefficient (Wildman–Crippen LogP) is 2.19. The topological polar surface area (TPSA) is 49.4 Å². The van der Waals surface area contributed by atoms with Gasteiger partial charge in [-0.2, -0.15) is 0 Å². The maximum Gasteiger partial charge on any atom is 0.220 e. The molecule has 0 aromatic carbocycles. The molecule has 1 N–H and O–H groups in total. The molecule has 0 saturated heterocycles. The summed E-state index contributed by atoms with van der Waals surface area (Å²) in [4.78, 5) is 24.3. The van der Waals surface area contributed by atoms with Crippen LogP contribution in [0, 0.1) is 5.92 Å². The fourth-order valence-electron chi connectivity index (χ4n) is 1.91. The third-order valence-electron chi connectivity index (χ3n) is 2.92. The molecule has 0 aromatic heterocycles. The van der Waals surface area contributed by atoms with E-state index in [4.69, 9.17) is 0 Å². The molecule has 0 bridgehead atoms. The van der Waals surface area contributed by atoms with Crippen molar-refractivity contribution < 1.29 is 9.59 Å². The lowest BCUT2D eigenvalue weighted by Gasteiger charge is -2.16. The van der Waals surface area contributed by atoms with E-state index in [0.717, 1.165) is 25.8 Å². The highest BCUT2D eigenvalue weighted by molar-refractivity contribution is 5.76. The number of hydrogen-bond donors (Lipinski definition) is 1. The van der Waals surface area contributed by atoms with E-state index in [-0.39, 0.29) is 17.9 Å². The number of rotatable bonds is 8. The van der Waals surface area contributed by atoms with Gasteiger partial charge < -0.3 is 10.2 Å². The Morgan fingerprint density at radius 3 is 2.28 bits per heavy atom. The lowest BCUT2D eigenvalue weighted by molar-refractivity contribution is -0.127. The zero-order chi connectivity index (χ0) is 14.1. The number of nitrogens with zero attached hydrogens (tertiary/aromatic N) is 1. The SMILES string of the molecule is CC(=O)N(C)CCCCC(=O)NC(C)CC(C)C. The Hall–Kier alpha value is -1.06. The minimum atomic E-state index is 0.0741. The molecule has 0 aliphatic rings. The van der Waals surface area contributed by atoms with Gasteiger partial charge in [0.05, 0.1) is 0 Å². The molecular weight excluding hydrogens is 228 g/mol. The molecule has 0 rings (SSSR count). The van der Waals surface area contributed by atoms with Crippen LogP contribution in [0.4, 0.5) is 0 Å². The van der Waals surface area contributed by atoms with Crippen LogP contribution in [-0.4, -0.2) is 36.3 Å². The third-order valence-corrected chi connectivity index (χ3v) is 2.92. The molecule has 4 heteroatoms. The first-order chi connectivity index (χ1) is 8.32. The van der Waals surface area contributed by atoms with E-state index in [2.05, 4.69) is 19.2 Å². The molecule has 0 aliphatic carbocycles. The number of hydrogen-bond acceptors (Lipinski definition) is 2. The quantitative estimate of drug-likeness (QED) is 0.677. The largest absolute Gasteiger partial charge is 0.354 e. The Balaban J connectivity index is 3.62. The predicted molar refractivity (Wildman–Crippen MR) is 74.2 cm³/mol. The molecule has 0 radical (unpaired) electrons. The zero-order valence-corrected chi connectivity index (χ0v) is 12.5. The molecule has 2 amide bonds. The summed E-state index contributed by atoms with van der Waals surface area (Å²) in [7, 11) is 1.78. The molecule has 0 aliphatic heterocycles. The molecule has 4 nitrogen and oxygen atoms in total. The van der Waals surface area contributed by atoms with Gasteiger partial charge in [-0.1, -0.05) is 13.8 Å². The van der Waals surface area contributed by atoms with Gasteiger partial charge in [-0.15, -0.1) is 0 Å². The molecule has 1 unspecified atom stereocenters. The highest BCUT2D eigenvalue weighted by Gasteiger charge is 2.09. The second kappa shape index (κ2) is 8.95. The first kappa shape index (κ1) is 16.9. The van der Waals surface area contributed by atoms with Crippen molar-refractivity contribution in [2.24, 2.45) is 5.92 Å². The van der Waals surface area contributed by atoms with Gasteiger partial charge in [0.1, 0.15) is 0 Å². The lowest BCUT2D eigenvalue weighted by Crippen LogP contribution is -2.33. The first-order valence-corrected chi connectivity index (χ1v) is 6.84. The molecule has 106 valence electrons. The van der Waals surface area contributed by atoms with Crippen LogP contribution in [0.15, 0.2) is 0 Å². The monoisotopic (exact) mass is 256 g/mol. The molecule has 0 aromatic rings. The minimum absolute atomic E-state index is 0.0741. The molecular formula is C14H28N2O2. The number of nitrogens with one attached hydrogen (secondary N) is 1. The Morgan fingerprint density at radius 2 is 1.78 bits per heavy atom. The van der Waals surface area contributed by atoms with Gasteiger partial charge in [-0.3, -0.25) is 9.59 Å². The van der Waals surface area contributed by atoms with Crippen LogP contribution in [0.25, 0.3) is 0 Å². The van der Waals surface area contributed by atoms with Crippen LogP contribution in [0.3, 0.4) is 0 Å². The van der Waals surface area contributed by atoms with E-state index in [1.54, 1.807) is 18.9 Å². The van der Waals surface area contributed by atoms with Crippen molar-refractivity contribution in [3.63, 3.8) is 0 Å². The number of carbonyl (C=O) groups is 2. The van der Waals surface area contributed by atoms with Crippen LogP contribution in [0.1, 0.15) is 53.4 Å². The van der Waals surface area contributed by atoms with E-state index >= 15 is 0 Å². The normalized spacial score (nSPS) is 12.3. The fraction of sp³-hybridized carbons (Fsp3) is 0.857. The summed E-state index contributed by atoms with van der Waals surface area (Å²) in [6.45, 7) is 8.63. The molecule has 0 spiro atoms. The van der Waals surface area contributed by atoms with Crippen molar-refractivity contribution in [2.45, 2.75) is 59.4 Å². The number of unbranched alkanes of at least 4 members (excludes halogenated alkanes) is 1. The van der Waals surface area contributed by atoms with Crippen LogP contribution in [0.2, 0.25) is 0 Å². The lowest BCUT2D eigenvalue weighted by atomic mass is 10.1. The first-order valence-electron chi connectivity index (χ1n) is 6.84. The maximum absolute atomic E-state index is 11.6. The van der Waals surface area contributed by atoms with Gasteiger partial charge in [0, 0.05) is 33.0 Å². The molecule has 0 fully saturated rings. The minimum Gasteiger partial charge on any atom is -0.354 e. The van der Waals surface area contributed by atoms with Crippen LogP contribution < -0.4 is 5.32 Å². The Kier molecular flexibility index (Phi) is 8.42. The number of carbonyl (C=O) groups excluding carboxylic acids is 2. The summed E-state index contributed by atoms with van der Waals surface area (Å²) in [5, 5.41) is 3.00. The molecule has 0 saturated carbocycles. The van der Waals surface area contributed by atoms with Gasteiger partial charge in [0.2, 0.25) is 11.8 Å². The van der Waals surface area contributed by atoms with Crippen molar-refractivity contribution in [3.8, 4) is 0 Å². The van der Waals surface area contributed by atoms with E-state index in [9.17, 15) is 9.59 Å². The van der Waals surface area contributed by atoms with Gasteiger partial charge in [0.15, 0.2) is 0 Å². The van der Waals surface area contributed by atoms with Gasteiger partial charge >= 0.3 is 0 Å². The molecule has 1 atom stereocenters. The van der Waals surface area contributed by atoms with Gasteiger partial charge in [-0.25, -0.2) is 0 Å². The van der Waals surface area contributed by atoms with Crippen LogP contribution >= 0.6 is 0 Å². The van der Waals surface area contributed by atoms with Crippen molar-refractivity contribution in [2.75, 3.05) is 13.6 Å². The Bertz CT molecular complexity index is 265. The second-order valence-corrected chi connectivity index (χ2v) is 5.50. The standard InChI is InChI=1S/C14H28N2O2/c1-11(2)10-12(3)15-14(18)8-6-7-9-16(5)13(4)17/h11-12H,6-10H2,1-5H3,(H,15,18). The highest BCUT2D eigenvalue weighted by Crippen LogP contribution is 2.05. The van der Waals surface area contributed by atoms with E-state index in [0.29, 0.717) is 12.3 Å². The van der Waals surface area contributed by atoms with Gasteiger partial charge in [-0.05, 0) is 32.1 Å². The van der Waals surface area contributed by atoms with Crippen LogP contribution in [-0.2, 0) is 9.59 Å². The average molecular weight is 256 g/mol. The van der Waals surface area contributed by atoms with Crippen molar-refractivity contribution in [3.05, 3.63) is 0 Å². The number of amides is 2. The van der Waals surface area contributed by atoms with E-state index < -0.39 is 0 Å². The summed E-state index contributed by atoms with van der Waals surface area (Å²) >= 11 is 0. The fourth-order valence-corrected chi connectivity index (χ4v) is 1.91. The summed E-state index contributed by atoms with van der Waals surface area (Å²) in [6, 6.07) is 0.248. The van der Waals surface area contributed by atoms with Crippen molar-refractivity contribution in [1.29, 1.82) is 0 Å². The Morgan fingerprint density at radius 1 is 1.17 bits per heavy atom. The summed E-state index contributed by atoms with van der Waals surface area (Å²) < 4.78 is 0. The zero-order valence-electron chi connectivity index (χ0n) is 12.5. The van der Waals surface area contributed by atoms with E-state index in [1.165, 1.54) is 0 Å². The maximum atomic E-state index is 11.6. The third kappa shape index (κ3) is 9.02. The second-order valence-electron chi connectivity index (χ2n) is 5.50.